The summed E-state index contributed by atoms with van der Waals surface area (Å²) in [6.45, 7) is -0.707. The van der Waals surface area contributed by atoms with Crippen molar-refractivity contribution in [1.29, 1.82) is 0 Å². The highest BCUT2D eigenvalue weighted by molar-refractivity contribution is 7.20. The Labute approximate surface area is 277 Å². The molecular formula is C30H32F2N8O7S. The number of urea groups is 1. The van der Waals surface area contributed by atoms with E-state index < -0.39 is 36.8 Å². The predicted molar refractivity (Wildman–Crippen MR) is 170 cm³/mol. The largest absolute Gasteiger partial charge is 0.480 e. The number of rotatable bonds is 11. The van der Waals surface area contributed by atoms with E-state index in [-0.39, 0.29) is 52.7 Å². The third-order valence-corrected chi connectivity index (χ3v) is 8.71. The Kier molecular flexibility index (Phi) is 10.6. The molecule has 1 aliphatic rings. The molecule has 15 nitrogen and oxygen atoms in total. The van der Waals surface area contributed by atoms with E-state index in [1.165, 1.54) is 61.6 Å². The number of carbonyl (C=O) groups is 2. The van der Waals surface area contributed by atoms with Crippen molar-refractivity contribution in [3.63, 3.8) is 0 Å². The normalized spacial score (nSPS) is 15.6. The summed E-state index contributed by atoms with van der Waals surface area (Å²) in [6.07, 6.45) is -1.79. The summed E-state index contributed by atoms with van der Waals surface area (Å²) < 4.78 is 40.1. The second-order valence-corrected chi connectivity index (χ2v) is 11.4. The fraction of sp³-hybridized carbons (Fsp3) is 0.300. The van der Waals surface area contributed by atoms with Gasteiger partial charge in [0.05, 0.1) is 20.8 Å². The third-order valence-electron chi connectivity index (χ3n) is 7.38. The van der Waals surface area contributed by atoms with E-state index >= 15 is 0 Å². The van der Waals surface area contributed by atoms with Crippen LogP contribution < -0.4 is 25.3 Å². The van der Waals surface area contributed by atoms with E-state index in [1.807, 2.05) is 0 Å². The molecule has 5 rings (SSSR count). The SMILES string of the molecule is COCC(=O)N(C)Cc1c(-c2ccc(NC(=O)NOC)nc2)sc2c1C(O)N(c1ccc(OC)nn1)C(O)N2Cc1c(F)cccc1F. The summed E-state index contributed by atoms with van der Waals surface area (Å²) in [7, 11) is 5.62. The zero-order valence-corrected chi connectivity index (χ0v) is 27.0. The number of benzene rings is 1. The minimum absolute atomic E-state index is 0.0226. The number of halogens is 2. The van der Waals surface area contributed by atoms with Crippen LogP contribution in [0.25, 0.3) is 10.4 Å². The molecule has 4 aromatic rings. The van der Waals surface area contributed by atoms with Crippen molar-refractivity contribution in [2.45, 2.75) is 25.7 Å². The lowest BCUT2D eigenvalue weighted by Crippen LogP contribution is -2.54. The van der Waals surface area contributed by atoms with Gasteiger partial charge in [0.25, 0.3) is 0 Å². The molecule has 254 valence electrons. The maximum atomic E-state index is 15.0. The standard InChI is InChI=1S/C30H32F2N8O7S/c1-38(24(41)15-45-2)13-18-25-27(42)40(22-10-11-23(46-3)36-35-22)30(44)39(14-17-19(31)6-5-7-20(17)32)28(25)48-26(18)16-8-9-21(33-12-16)34-29(43)37-47-4/h5-12,27,30,42,44H,13-15H2,1-4H3,(H2,33,34,37,43). The van der Waals surface area contributed by atoms with Crippen molar-refractivity contribution in [2.75, 3.05) is 50.1 Å². The van der Waals surface area contributed by atoms with Gasteiger partial charge in [0.2, 0.25) is 18.1 Å². The highest BCUT2D eigenvalue weighted by Crippen LogP contribution is 2.51. The Hall–Kier alpha value is -5.01. The van der Waals surface area contributed by atoms with Crippen molar-refractivity contribution >= 4 is 39.9 Å². The summed E-state index contributed by atoms with van der Waals surface area (Å²) in [5, 5.41) is 34.5. The molecule has 1 aliphatic heterocycles. The molecule has 2 atom stereocenters. The molecule has 0 saturated carbocycles. The minimum Gasteiger partial charge on any atom is -0.480 e. The summed E-state index contributed by atoms with van der Waals surface area (Å²) in [5.74, 6) is -1.64. The second-order valence-electron chi connectivity index (χ2n) is 10.4. The summed E-state index contributed by atoms with van der Waals surface area (Å²) in [6, 6.07) is 8.91. The van der Waals surface area contributed by atoms with Crippen LogP contribution in [0.15, 0.2) is 48.7 Å². The Morgan fingerprint density at radius 2 is 1.79 bits per heavy atom. The number of aliphatic hydroxyl groups is 2. The fourth-order valence-electron chi connectivity index (χ4n) is 5.06. The quantitative estimate of drug-likeness (QED) is 0.170. The Morgan fingerprint density at radius 1 is 1.04 bits per heavy atom. The molecule has 0 aliphatic carbocycles. The average Bonchev–Trinajstić information content (AvgIpc) is 3.44. The van der Waals surface area contributed by atoms with E-state index in [0.717, 1.165) is 28.4 Å². The van der Waals surface area contributed by atoms with Gasteiger partial charge in [-0.2, -0.15) is 0 Å². The number of nitrogens with one attached hydrogen (secondary N) is 2. The van der Waals surface area contributed by atoms with Gasteiger partial charge in [-0.1, -0.05) is 6.07 Å². The lowest BCUT2D eigenvalue weighted by Gasteiger charge is -2.44. The van der Waals surface area contributed by atoms with Crippen LogP contribution in [0.2, 0.25) is 0 Å². The summed E-state index contributed by atoms with van der Waals surface area (Å²) in [4.78, 5) is 38.0. The fourth-order valence-corrected chi connectivity index (χ4v) is 6.41. The Bertz CT molecular complexity index is 1740. The summed E-state index contributed by atoms with van der Waals surface area (Å²) in [5.41, 5.74) is 3.01. The van der Waals surface area contributed by atoms with E-state index in [0.29, 0.717) is 16.0 Å². The number of carbonyl (C=O) groups excluding carboxylic acids is 2. The zero-order valence-electron chi connectivity index (χ0n) is 26.2. The van der Waals surface area contributed by atoms with Gasteiger partial charge in [0.15, 0.2) is 12.0 Å². The number of pyridine rings is 1. The van der Waals surface area contributed by atoms with Gasteiger partial charge in [-0.05, 0) is 30.3 Å². The smallest absolute Gasteiger partial charge is 0.344 e. The van der Waals surface area contributed by atoms with Crippen LogP contribution in [0.5, 0.6) is 5.88 Å². The van der Waals surface area contributed by atoms with Crippen LogP contribution in [0.4, 0.5) is 30.2 Å². The van der Waals surface area contributed by atoms with E-state index in [2.05, 4.69) is 30.8 Å². The van der Waals surface area contributed by atoms with Gasteiger partial charge in [0.1, 0.15) is 29.1 Å². The number of aromatic nitrogens is 3. The van der Waals surface area contributed by atoms with Crippen molar-refractivity contribution in [1.82, 2.24) is 25.6 Å². The average molecular weight is 687 g/mol. The lowest BCUT2D eigenvalue weighted by molar-refractivity contribution is -0.134. The highest BCUT2D eigenvalue weighted by atomic mass is 32.1. The number of fused-ring (bicyclic) bond motifs is 1. The van der Waals surface area contributed by atoms with Crippen molar-refractivity contribution < 1.29 is 42.9 Å². The maximum Gasteiger partial charge on any atom is 0.344 e. The number of thiophene rings is 1. The van der Waals surface area contributed by atoms with E-state index in [9.17, 15) is 28.6 Å². The van der Waals surface area contributed by atoms with Gasteiger partial charge in [0, 0.05) is 60.1 Å². The van der Waals surface area contributed by atoms with Gasteiger partial charge in [-0.25, -0.2) is 24.0 Å². The number of amides is 3. The first-order valence-electron chi connectivity index (χ1n) is 14.2. The number of methoxy groups -OCH3 is 2. The number of hydrogen-bond acceptors (Lipinski definition) is 13. The number of aliphatic hydroxyl groups excluding tert-OH is 2. The third kappa shape index (κ3) is 6.97. The molecule has 0 spiro atoms. The zero-order chi connectivity index (χ0) is 34.5. The molecule has 48 heavy (non-hydrogen) atoms. The van der Waals surface area contributed by atoms with Crippen LogP contribution in [-0.2, 0) is 27.5 Å². The minimum atomic E-state index is -1.69. The maximum absolute atomic E-state index is 15.0. The van der Waals surface area contributed by atoms with Crippen molar-refractivity contribution in [3.05, 3.63) is 77.0 Å². The van der Waals surface area contributed by atoms with Gasteiger partial charge in [-0.15, -0.1) is 21.5 Å². The van der Waals surface area contributed by atoms with Gasteiger partial charge >= 0.3 is 6.03 Å². The monoisotopic (exact) mass is 686 g/mol. The topological polar surface area (TPSA) is 175 Å². The first kappa shape index (κ1) is 34.3. The number of hydroxylamine groups is 1. The molecule has 0 bridgehead atoms. The number of ether oxygens (including phenoxy) is 2. The number of likely N-dealkylation sites (N-methyl/N-ethyl adjacent to an activating group) is 1. The molecule has 3 amide bonds. The Balaban J connectivity index is 1.68. The first-order valence-corrected chi connectivity index (χ1v) is 15.1. The van der Waals surface area contributed by atoms with Gasteiger partial charge in [-0.3, -0.25) is 19.8 Å². The van der Waals surface area contributed by atoms with Crippen LogP contribution >= 0.6 is 11.3 Å². The molecule has 2 unspecified atom stereocenters. The molecule has 4 heterocycles. The number of anilines is 3. The lowest BCUT2D eigenvalue weighted by atomic mass is 10.0. The molecular weight excluding hydrogens is 654 g/mol. The predicted octanol–water partition coefficient (Wildman–Crippen LogP) is 2.97. The highest BCUT2D eigenvalue weighted by Gasteiger charge is 2.43. The van der Waals surface area contributed by atoms with Crippen LogP contribution in [0.1, 0.15) is 22.9 Å². The molecule has 0 saturated heterocycles. The first-order chi connectivity index (χ1) is 23.1. The van der Waals surface area contributed by atoms with Crippen molar-refractivity contribution in [2.24, 2.45) is 0 Å². The number of nitrogens with zero attached hydrogens (tertiary/aromatic N) is 6. The van der Waals surface area contributed by atoms with Crippen LogP contribution in [-0.4, -0.2) is 83.6 Å². The number of hydrogen-bond donors (Lipinski definition) is 4. The Morgan fingerprint density at radius 3 is 2.40 bits per heavy atom. The molecule has 0 radical (unpaired) electrons. The summed E-state index contributed by atoms with van der Waals surface area (Å²) >= 11 is 1.11. The molecule has 4 N–H and O–H groups in total. The van der Waals surface area contributed by atoms with Crippen LogP contribution in [0.3, 0.4) is 0 Å². The molecule has 18 heteroatoms. The van der Waals surface area contributed by atoms with E-state index in [1.54, 1.807) is 13.1 Å². The van der Waals surface area contributed by atoms with Crippen LogP contribution in [0, 0.1) is 11.6 Å². The molecule has 3 aromatic heterocycles. The van der Waals surface area contributed by atoms with Crippen molar-refractivity contribution in [3.8, 4) is 16.3 Å². The van der Waals surface area contributed by atoms with Gasteiger partial charge < -0.3 is 29.5 Å². The molecule has 0 fully saturated rings. The molecule has 1 aromatic carbocycles. The second kappa shape index (κ2) is 14.8. The van der Waals surface area contributed by atoms with E-state index in [4.69, 9.17) is 9.47 Å².